The molecule has 24 heavy (non-hydrogen) atoms. The molecule has 0 fully saturated rings. The molecule has 6 nitrogen and oxygen atoms in total. The zero-order chi connectivity index (χ0) is 17.8. The summed E-state index contributed by atoms with van der Waals surface area (Å²) in [6, 6.07) is 6.43. The number of carbonyl (C=O) groups excluding carboxylic acids is 2. The number of esters is 1. The van der Waals surface area contributed by atoms with Crippen molar-refractivity contribution in [1.29, 1.82) is 0 Å². The van der Waals surface area contributed by atoms with Gasteiger partial charge in [0.2, 0.25) is 5.91 Å². The quantitative estimate of drug-likeness (QED) is 0.365. The topological polar surface area (TPSA) is 92.7 Å². The first-order valence-corrected chi connectivity index (χ1v) is 8.33. The highest BCUT2D eigenvalue weighted by molar-refractivity contribution is 5.92. The Kier molecular flexibility index (Phi) is 9.19. The van der Waals surface area contributed by atoms with Crippen molar-refractivity contribution in [3.05, 3.63) is 24.3 Å². The lowest BCUT2D eigenvalue weighted by Crippen LogP contribution is -2.13. The summed E-state index contributed by atoms with van der Waals surface area (Å²) in [6.07, 6.45) is 5.47. The van der Waals surface area contributed by atoms with E-state index in [0.29, 0.717) is 17.9 Å². The van der Waals surface area contributed by atoms with Gasteiger partial charge in [-0.3, -0.25) is 14.4 Å². The first-order valence-electron chi connectivity index (χ1n) is 8.33. The Balaban J connectivity index is 2.32. The molecule has 0 bridgehead atoms. The summed E-state index contributed by atoms with van der Waals surface area (Å²) in [7, 11) is 0. The molecule has 0 saturated heterocycles. The highest BCUT2D eigenvalue weighted by Crippen LogP contribution is 2.17. The van der Waals surface area contributed by atoms with Gasteiger partial charge in [-0.25, -0.2) is 0 Å². The Morgan fingerprint density at radius 1 is 0.958 bits per heavy atom. The number of anilines is 1. The lowest BCUT2D eigenvalue weighted by molar-refractivity contribution is -0.138. The van der Waals surface area contributed by atoms with Crippen molar-refractivity contribution in [2.45, 2.75) is 58.3 Å². The summed E-state index contributed by atoms with van der Waals surface area (Å²) < 4.78 is 5.23. The third-order valence-electron chi connectivity index (χ3n) is 3.42. The predicted molar refractivity (Wildman–Crippen MR) is 91.0 cm³/mol. The van der Waals surface area contributed by atoms with Gasteiger partial charge in [-0.1, -0.05) is 32.6 Å². The van der Waals surface area contributed by atoms with Crippen LogP contribution in [0.3, 0.4) is 0 Å². The largest absolute Gasteiger partial charge is 0.481 e. The van der Waals surface area contributed by atoms with Gasteiger partial charge in [-0.2, -0.15) is 0 Å². The minimum Gasteiger partial charge on any atom is -0.481 e. The third-order valence-corrected chi connectivity index (χ3v) is 3.42. The van der Waals surface area contributed by atoms with E-state index >= 15 is 0 Å². The van der Waals surface area contributed by atoms with Crippen LogP contribution in [-0.4, -0.2) is 23.0 Å². The summed E-state index contributed by atoms with van der Waals surface area (Å²) in [5.74, 6) is -1.21. The van der Waals surface area contributed by atoms with Crippen LogP contribution < -0.4 is 10.1 Å². The molecule has 1 rings (SSSR count). The first kappa shape index (κ1) is 19.7. The number of carboxylic acids is 1. The van der Waals surface area contributed by atoms with Crippen LogP contribution in [-0.2, 0) is 14.4 Å². The van der Waals surface area contributed by atoms with E-state index in [-0.39, 0.29) is 24.7 Å². The third kappa shape index (κ3) is 8.92. The lowest BCUT2D eigenvalue weighted by Gasteiger charge is -2.07. The van der Waals surface area contributed by atoms with Gasteiger partial charge in [0, 0.05) is 18.5 Å². The zero-order valence-electron chi connectivity index (χ0n) is 14.0. The average Bonchev–Trinajstić information content (AvgIpc) is 2.54. The molecule has 0 heterocycles. The second kappa shape index (κ2) is 11.2. The molecule has 0 unspecified atom stereocenters. The van der Waals surface area contributed by atoms with Gasteiger partial charge in [-0.15, -0.1) is 0 Å². The smallest absolute Gasteiger partial charge is 0.311 e. The fraction of sp³-hybridized carbons (Fsp3) is 0.500. The summed E-state index contributed by atoms with van der Waals surface area (Å²) in [4.78, 5) is 33.6. The molecule has 0 aliphatic heterocycles. The maximum atomic E-state index is 11.7. The minimum absolute atomic E-state index is 0.0793. The van der Waals surface area contributed by atoms with Crippen LogP contribution in [0.15, 0.2) is 24.3 Å². The van der Waals surface area contributed by atoms with Crippen molar-refractivity contribution in [2.75, 3.05) is 5.32 Å². The fourth-order valence-electron chi connectivity index (χ4n) is 2.11. The normalized spacial score (nSPS) is 10.2. The lowest BCUT2D eigenvalue weighted by atomic mass is 10.1. The molecule has 0 aromatic heterocycles. The Bertz CT molecular complexity index is 539. The number of carbonyl (C=O) groups is 3. The van der Waals surface area contributed by atoms with Crippen molar-refractivity contribution in [3.63, 3.8) is 0 Å². The Morgan fingerprint density at radius 2 is 1.62 bits per heavy atom. The summed E-state index contributed by atoms with van der Waals surface area (Å²) >= 11 is 0. The van der Waals surface area contributed by atoms with Crippen LogP contribution in [0.4, 0.5) is 5.69 Å². The standard InChI is InChI=1S/C18H25NO5/c1-2-3-4-5-6-7-18(23)24-15-10-8-14(9-11-15)19-16(20)12-13-17(21)22/h8-11H,2-7,12-13H2,1H3,(H,19,20)(H,21,22). The van der Waals surface area contributed by atoms with Crippen LogP contribution in [0, 0.1) is 0 Å². The molecule has 0 radical (unpaired) electrons. The molecule has 0 aliphatic carbocycles. The van der Waals surface area contributed by atoms with Crippen molar-refractivity contribution in [1.82, 2.24) is 0 Å². The minimum atomic E-state index is -1.01. The molecule has 0 atom stereocenters. The van der Waals surface area contributed by atoms with Gasteiger partial charge in [0.15, 0.2) is 0 Å². The number of rotatable bonds is 11. The number of aliphatic carboxylic acids is 1. The van der Waals surface area contributed by atoms with Crippen molar-refractivity contribution in [2.24, 2.45) is 0 Å². The van der Waals surface area contributed by atoms with E-state index < -0.39 is 5.97 Å². The molecule has 0 spiro atoms. The first-order chi connectivity index (χ1) is 11.5. The van der Waals surface area contributed by atoms with Crippen LogP contribution in [0.2, 0.25) is 0 Å². The van der Waals surface area contributed by atoms with Gasteiger partial charge in [0.1, 0.15) is 5.75 Å². The second-order valence-electron chi connectivity index (χ2n) is 5.60. The summed E-state index contributed by atoms with van der Waals surface area (Å²) in [5.41, 5.74) is 0.532. The molecule has 0 saturated carbocycles. The molecule has 1 aromatic rings. The van der Waals surface area contributed by atoms with Crippen LogP contribution >= 0.6 is 0 Å². The molecule has 132 valence electrons. The predicted octanol–water partition coefficient (Wildman–Crippen LogP) is 3.76. The molecule has 1 aromatic carbocycles. The Hall–Kier alpha value is -2.37. The molecular formula is C18H25NO5. The van der Waals surface area contributed by atoms with E-state index in [4.69, 9.17) is 9.84 Å². The van der Waals surface area contributed by atoms with Crippen LogP contribution in [0.5, 0.6) is 5.75 Å². The molecule has 0 aliphatic rings. The summed E-state index contributed by atoms with van der Waals surface area (Å²) in [6.45, 7) is 2.15. The molecular weight excluding hydrogens is 310 g/mol. The van der Waals surface area contributed by atoms with Crippen LogP contribution in [0.1, 0.15) is 58.3 Å². The van der Waals surface area contributed by atoms with Crippen LogP contribution in [0.25, 0.3) is 0 Å². The maximum Gasteiger partial charge on any atom is 0.311 e. The molecule has 1 amide bonds. The number of ether oxygens (including phenoxy) is 1. The van der Waals surface area contributed by atoms with E-state index in [1.165, 1.54) is 12.8 Å². The Morgan fingerprint density at radius 3 is 2.25 bits per heavy atom. The van der Waals surface area contributed by atoms with Gasteiger partial charge in [-0.05, 0) is 30.7 Å². The van der Waals surface area contributed by atoms with E-state index in [2.05, 4.69) is 12.2 Å². The van der Waals surface area contributed by atoms with Crippen molar-refractivity contribution >= 4 is 23.5 Å². The van der Waals surface area contributed by atoms with E-state index in [0.717, 1.165) is 19.3 Å². The average molecular weight is 335 g/mol. The zero-order valence-corrected chi connectivity index (χ0v) is 14.0. The number of hydrogen-bond donors (Lipinski definition) is 2. The van der Waals surface area contributed by atoms with Gasteiger partial charge >= 0.3 is 11.9 Å². The number of benzene rings is 1. The maximum absolute atomic E-state index is 11.7. The molecule has 6 heteroatoms. The highest BCUT2D eigenvalue weighted by Gasteiger charge is 2.07. The van der Waals surface area contributed by atoms with E-state index in [9.17, 15) is 14.4 Å². The van der Waals surface area contributed by atoms with E-state index in [1.54, 1.807) is 24.3 Å². The number of unbranched alkanes of at least 4 members (excludes halogenated alkanes) is 4. The second-order valence-corrected chi connectivity index (χ2v) is 5.60. The van der Waals surface area contributed by atoms with Gasteiger partial charge in [0.05, 0.1) is 6.42 Å². The number of amides is 1. The van der Waals surface area contributed by atoms with E-state index in [1.807, 2.05) is 0 Å². The number of hydrogen-bond acceptors (Lipinski definition) is 4. The highest BCUT2D eigenvalue weighted by atomic mass is 16.5. The van der Waals surface area contributed by atoms with Gasteiger partial charge in [0.25, 0.3) is 0 Å². The van der Waals surface area contributed by atoms with Crippen molar-refractivity contribution < 1.29 is 24.2 Å². The van der Waals surface area contributed by atoms with Crippen molar-refractivity contribution in [3.8, 4) is 5.75 Å². The fourth-order valence-corrected chi connectivity index (χ4v) is 2.11. The van der Waals surface area contributed by atoms with Gasteiger partial charge < -0.3 is 15.2 Å². The summed E-state index contributed by atoms with van der Waals surface area (Å²) in [5, 5.41) is 11.1. The number of nitrogens with one attached hydrogen (secondary N) is 1. The molecule has 2 N–H and O–H groups in total. The SMILES string of the molecule is CCCCCCCC(=O)Oc1ccc(NC(=O)CCC(=O)O)cc1. The Labute approximate surface area is 142 Å². The number of carboxylic acid groups (broad SMARTS) is 1. The monoisotopic (exact) mass is 335 g/mol.